The van der Waals surface area contributed by atoms with Crippen LogP contribution in [-0.2, 0) is 17.8 Å². The van der Waals surface area contributed by atoms with E-state index in [2.05, 4.69) is 15.6 Å². The van der Waals surface area contributed by atoms with Crippen LogP contribution in [0.25, 0.3) is 0 Å². The lowest BCUT2D eigenvalue weighted by atomic mass is 9.89. The third kappa shape index (κ3) is 4.44. The first-order valence-corrected chi connectivity index (χ1v) is 11.5. The molecule has 3 aromatic rings. The Morgan fingerprint density at radius 1 is 1.12 bits per heavy atom. The molecule has 0 fully saturated rings. The standard InChI is InChI=1S/C24H21N3O6S/c1-31-16-5-3-14(4-6-16)23(30)27-24-26-17-9-15(10-18(28)21(17)34-24)22(29)25-11-13-2-7-19-20(8-13)33-12-32-19/h2-8,15H,9-12H2,1H3,(H,25,29)(H,26,27,30)/t15-/m0/s1. The number of amides is 2. The molecule has 0 spiro atoms. The van der Waals surface area contributed by atoms with Crippen LogP contribution in [0.15, 0.2) is 42.5 Å². The summed E-state index contributed by atoms with van der Waals surface area (Å²) in [6.07, 6.45) is 0.441. The molecule has 1 aliphatic carbocycles. The number of nitrogens with zero attached hydrogens (tertiary/aromatic N) is 1. The number of aromatic nitrogens is 1. The normalized spacial score (nSPS) is 16.0. The van der Waals surface area contributed by atoms with E-state index in [0.29, 0.717) is 51.5 Å². The Labute approximate surface area is 199 Å². The highest BCUT2D eigenvalue weighted by molar-refractivity contribution is 7.17. The minimum Gasteiger partial charge on any atom is -0.497 e. The molecular formula is C24H21N3O6S. The Morgan fingerprint density at radius 3 is 2.71 bits per heavy atom. The van der Waals surface area contributed by atoms with E-state index in [9.17, 15) is 14.4 Å². The lowest BCUT2D eigenvalue weighted by Crippen LogP contribution is -2.35. The molecule has 1 atom stereocenters. The SMILES string of the molecule is COc1ccc(C(=O)Nc2nc3c(s2)C(=O)C[C@@H](C(=O)NCc2ccc4c(c2)OCO4)C3)cc1. The molecule has 2 heterocycles. The van der Waals surface area contributed by atoms with Crippen LogP contribution in [0, 0.1) is 5.92 Å². The molecule has 0 radical (unpaired) electrons. The van der Waals surface area contributed by atoms with Crippen LogP contribution in [0.1, 0.15) is 37.7 Å². The number of anilines is 1. The average Bonchev–Trinajstić information content (AvgIpc) is 3.49. The minimum absolute atomic E-state index is 0.105. The number of hydrogen-bond acceptors (Lipinski definition) is 8. The average molecular weight is 480 g/mol. The summed E-state index contributed by atoms with van der Waals surface area (Å²) in [7, 11) is 1.55. The summed E-state index contributed by atoms with van der Waals surface area (Å²) in [5, 5.41) is 5.96. The van der Waals surface area contributed by atoms with Crippen LogP contribution in [0.3, 0.4) is 0 Å². The summed E-state index contributed by atoms with van der Waals surface area (Å²) in [6, 6.07) is 12.2. The Morgan fingerprint density at radius 2 is 1.91 bits per heavy atom. The number of carbonyl (C=O) groups excluding carboxylic acids is 3. The van der Waals surface area contributed by atoms with Crippen LogP contribution in [0.5, 0.6) is 17.2 Å². The smallest absolute Gasteiger partial charge is 0.257 e. The molecule has 2 aromatic carbocycles. The first-order chi connectivity index (χ1) is 16.5. The second kappa shape index (κ2) is 9.14. The van der Waals surface area contributed by atoms with Crippen molar-refractivity contribution in [2.45, 2.75) is 19.4 Å². The van der Waals surface area contributed by atoms with Gasteiger partial charge in [-0.25, -0.2) is 4.98 Å². The van der Waals surface area contributed by atoms with Crippen molar-refractivity contribution in [3.8, 4) is 17.2 Å². The number of nitrogens with one attached hydrogen (secondary N) is 2. The zero-order valence-electron chi connectivity index (χ0n) is 18.3. The van der Waals surface area contributed by atoms with Gasteiger partial charge in [-0.3, -0.25) is 19.7 Å². The third-order valence-electron chi connectivity index (χ3n) is 5.67. The van der Waals surface area contributed by atoms with Crippen molar-refractivity contribution in [1.82, 2.24) is 10.3 Å². The number of benzene rings is 2. The summed E-state index contributed by atoms with van der Waals surface area (Å²) in [5.41, 5.74) is 1.85. The van der Waals surface area contributed by atoms with Gasteiger partial charge in [0.2, 0.25) is 12.7 Å². The Hall–Kier alpha value is -3.92. The molecule has 0 bridgehead atoms. The molecular weight excluding hydrogens is 458 g/mol. The van der Waals surface area contributed by atoms with Crippen molar-refractivity contribution in [1.29, 1.82) is 0 Å². The predicted molar refractivity (Wildman–Crippen MR) is 124 cm³/mol. The van der Waals surface area contributed by atoms with Gasteiger partial charge in [-0.2, -0.15) is 0 Å². The van der Waals surface area contributed by atoms with Gasteiger partial charge in [0.1, 0.15) is 5.75 Å². The summed E-state index contributed by atoms with van der Waals surface area (Å²) < 4.78 is 15.8. The third-order valence-corrected chi connectivity index (χ3v) is 6.72. The summed E-state index contributed by atoms with van der Waals surface area (Å²) in [5.74, 6) is 0.769. The number of rotatable bonds is 6. The first-order valence-electron chi connectivity index (χ1n) is 10.6. The highest BCUT2D eigenvalue weighted by Crippen LogP contribution is 2.34. The van der Waals surface area contributed by atoms with Crippen LogP contribution in [0.4, 0.5) is 5.13 Å². The van der Waals surface area contributed by atoms with Gasteiger partial charge in [0.05, 0.1) is 23.6 Å². The van der Waals surface area contributed by atoms with E-state index >= 15 is 0 Å². The van der Waals surface area contributed by atoms with Gasteiger partial charge in [0, 0.05) is 24.9 Å². The van der Waals surface area contributed by atoms with Crippen molar-refractivity contribution < 1.29 is 28.6 Å². The monoisotopic (exact) mass is 479 g/mol. The maximum absolute atomic E-state index is 12.8. The van der Waals surface area contributed by atoms with E-state index in [4.69, 9.17) is 14.2 Å². The number of ether oxygens (including phenoxy) is 3. The van der Waals surface area contributed by atoms with Gasteiger partial charge in [-0.15, -0.1) is 0 Å². The molecule has 1 aliphatic heterocycles. The molecule has 2 aliphatic rings. The second-order valence-corrected chi connectivity index (χ2v) is 8.91. The lowest BCUT2D eigenvalue weighted by molar-refractivity contribution is -0.125. The molecule has 5 rings (SSSR count). The van der Waals surface area contributed by atoms with E-state index < -0.39 is 5.92 Å². The number of ketones is 1. The fourth-order valence-electron chi connectivity index (χ4n) is 3.86. The number of thiazole rings is 1. The van der Waals surface area contributed by atoms with E-state index in [-0.39, 0.29) is 30.8 Å². The van der Waals surface area contributed by atoms with Gasteiger partial charge in [0.25, 0.3) is 5.91 Å². The van der Waals surface area contributed by atoms with Crippen LogP contribution in [0.2, 0.25) is 0 Å². The van der Waals surface area contributed by atoms with Crippen molar-refractivity contribution in [3.63, 3.8) is 0 Å². The van der Waals surface area contributed by atoms with Gasteiger partial charge in [0.15, 0.2) is 22.4 Å². The van der Waals surface area contributed by atoms with Crippen molar-refractivity contribution in [2.75, 3.05) is 19.2 Å². The second-order valence-electron chi connectivity index (χ2n) is 7.91. The minimum atomic E-state index is -0.513. The maximum Gasteiger partial charge on any atom is 0.257 e. The fourth-order valence-corrected chi connectivity index (χ4v) is 4.80. The molecule has 174 valence electrons. The van der Waals surface area contributed by atoms with Gasteiger partial charge in [-0.05, 0) is 42.0 Å². The van der Waals surface area contributed by atoms with Crippen LogP contribution >= 0.6 is 11.3 Å². The summed E-state index contributed by atoms with van der Waals surface area (Å²) in [6.45, 7) is 0.501. The topological polar surface area (TPSA) is 116 Å². The lowest BCUT2D eigenvalue weighted by Gasteiger charge is -2.19. The summed E-state index contributed by atoms with van der Waals surface area (Å²) >= 11 is 1.13. The number of carbonyl (C=O) groups is 3. The van der Waals surface area contributed by atoms with Gasteiger partial charge in [-0.1, -0.05) is 17.4 Å². The zero-order valence-corrected chi connectivity index (χ0v) is 19.1. The van der Waals surface area contributed by atoms with Crippen molar-refractivity contribution in [3.05, 3.63) is 64.2 Å². The van der Waals surface area contributed by atoms with Gasteiger partial charge >= 0.3 is 0 Å². The zero-order chi connectivity index (χ0) is 23.7. The Bertz CT molecular complexity index is 1270. The number of hydrogen-bond donors (Lipinski definition) is 2. The van der Waals surface area contributed by atoms with E-state index in [1.165, 1.54) is 0 Å². The van der Waals surface area contributed by atoms with Crippen LogP contribution < -0.4 is 24.8 Å². The summed E-state index contributed by atoms with van der Waals surface area (Å²) in [4.78, 5) is 42.9. The van der Waals surface area contributed by atoms with Crippen molar-refractivity contribution >= 4 is 34.1 Å². The fraction of sp³-hybridized carbons (Fsp3) is 0.250. The molecule has 0 saturated heterocycles. The highest BCUT2D eigenvalue weighted by atomic mass is 32.1. The van der Waals surface area contributed by atoms with Crippen molar-refractivity contribution in [2.24, 2.45) is 5.92 Å². The van der Waals surface area contributed by atoms with E-state index in [1.807, 2.05) is 12.1 Å². The molecule has 2 amide bonds. The molecule has 2 N–H and O–H groups in total. The molecule has 10 heteroatoms. The predicted octanol–water partition coefficient (Wildman–Crippen LogP) is 3.19. The highest BCUT2D eigenvalue weighted by Gasteiger charge is 2.33. The molecule has 9 nitrogen and oxygen atoms in total. The molecule has 34 heavy (non-hydrogen) atoms. The quantitative estimate of drug-likeness (QED) is 0.558. The number of methoxy groups -OCH3 is 1. The number of fused-ring (bicyclic) bond motifs is 2. The molecule has 1 aromatic heterocycles. The largest absolute Gasteiger partial charge is 0.497 e. The Balaban J connectivity index is 1.21. The number of Topliss-reactive ketones (excluding diaryl/α,β-unsaturated/α-hetero) is 1. The Kier molecular flexibility index (Phi) is 5.89. The molecule has 0 saturated carbocycles. The van der Waals surface area contributed by atoms with E-state index in [1.54, 1.807) is 37.4 Å². The maximum atomic E-state index is 12.8. The molecule has 0 unspecified atom stereocenters. The van der Waals surface area contributed by atoms with E-state index in [0.717, 1.165) is 16.9 Å². The van der Waals surface area contributed by atoms with Crippen LogP contribution in [-0.4, -0.2) is 36.5 Å². The first kappa shape index (κ1) is 21.9. The van der Waals surface area contributed by atoms with Gasteiger partial charge < -0.3 is 19.5 Å².